The molecule has 2 aromatic carbocycles. The van der Waals surface area contributed by atoms with Gasteiger partial charge in [-0.3, -0.25) is 14.5 Å². The molecule has 1 N–H and O–H groups in total. The Kier molecular flexibility index (Phi) is 6.79. The van der Waals surface area contributed by atoms with Crippen LogP contribution in [0.3, 0.4) is 0 Å². The summed E-state index contributed by atoms with van der Waals surface area (Å²) in [5.74, 6) is 0.606. The van der Waals surface area contributed by atoms with Gasteiger partial charge in [0.15, 0.2) is 6.29 Å². The number of halogens is 2. The van der Waals surface area contributed by atoms with Crippen molar-refractivity contribution in [2.45, 2.75) is 19.6 Å². The maximum atomic E-state index is 11.0. The molecule has 7 nitrogen and oxygen atoms in total. The zero-order valence-corrected chi connectivity index (χ0v) is 18.8. The molecule has 4 aromatic rings. The van der Waals surface area contributed by atoms with Gasteiger partial charge in [-0.1, -0.05) is 32.7 Å². The predicted octanol–water partition coefficient (Wildman–Crippen LogP) is 5.14. The van der Waals surface area contributed by atoms with E-state index in [4.69, 9.17) is 16.3 Å². The van der Waals surface area contributed by atoms with Gasteiger partial charge >= 0.3 is 0 Å². The van der Waals surface area contributed by atoms with Crippen LogP contribution < -0.4 is 10.1 Å². The molecule has 31 heavy (non-hydrogen) atoms. The molecular weight excluding hydrogens is 482 g/mol. The summed E-state index contributed by atoms with van der Waals surface area (Å²) in [7, 11) is 0. The van der Waals surface area contributed by atoms with Crippen LogP contribution in [-0.2, 0) is 13.2 Å². The van der Waals surface area contributed by atoms with Gasteiger partial charge in [0.05, 0.1) is 11.7 Å². The summed E-state index contributed by atoms with van der Waals surface area (Å²) in [5.41, 5.74) is 3.15. The number of aldehydes is 1. The standard InChI is InChI=1S/C22H19BrClN5O2/c23-20-5-3-18(10-15(20)13-30)31-14-17-12-29(28-27-17)9-1-7-25-21-6-8-26-22-11-16(24)2-4-19(21)22/h2-6,8,10-13H,1,7,9,14H2,(H,25,26). The maximum Gasteiger partial charge on any atom is 0.151 e. The molecular formula is C22H19BrClN5O2. The van der Waals surface area contributed by atoms with Crippen molar-refractivity contribution in [1.29, 1.82) is 0 Å². The van der Waals surface area contributed by atoms with Crippen molar-refractivity contribution >= 4 is 50.4 Å². The van der Waals surface area contributed by atoms with Crippen molar-refractivity contribution in [2.24, 2.45) is 0 Å². The molecule has 0 amide bonds. The minimum atomic E-state index is 0.281. The molecule has 2 heterocycles. The Balaban J connectivity index is 1.27. The minimum absolute atomic E-state index is 0.281. The topological polar surface area (TPSA) is 81.9 Å². The summed E-state index contributed by atoms with van der Waals surface area (Å²) in [6.07, 6.45) is 5.29. The lowest BCUT2D eigenvalue weighted by molar-refractivity contribution is 0.112. The first-order valence-electron chi connectivity index (χ1n) is 9.67. The molecule has 0 aliphatic rings. The number of carbonyl (C=O) groups is 1. The number of pyridine rings is 1. The van der Waals surface area contributed by atoms with Gasteiger partial charge in [0, 0.05) is 45.4 Å². The number of anilines is 1. The van der Waals surface area contributed by atoms with Gasteiger partial charge in [-0.05, 0) is 48.9 Å². The fraction of sp³-hybridized carbons (Fsp3) is 0.182. The first kappa shape index (κ1) is 21.3. The number of carbonyl (C=O) groups excluding carboxylic acids is 1. The van der Waals surface area contributed by atoms with E-state index in [1.54, 1.807) is 29.1 Å². The fourth-order valence-electron chi connectivity index (χ4n) is 3.11. The van der Waals surface area contributed by atoms with Crippen molar-refractivity contribution in [3.63, 3.8) is 0 Å². The quantitative estimate of drug-likeness (QED) is 0.253. The molecule has 4 rings (SSSR count). The van der Waals surface area contributed by atoms with E-state index in [-0.39, 0.29) is 6.61 Å². The molecule has 0 atom stereocenters. The molecule has 0 bridgehead atoms. The Morgan fingerprint density at radius 3 is 2.97 bits per heavy atom. The molecule has 0 unspecified atom stereocenters. The zero-order valence-electron chi connectivity index (χ0n) is 16.5. The number of benzene rings is 2. The lowest BCUT2D eigenvalue weighted by Gasteiger charge is -2.09. The number of hydrogen-bond donors (Lipinski definition) is 1. The van der Waals surface area contributed by atoms with Crippen molar-refractivity contribution in [3.05, 3.63) is 75.6 Å². The number of nitrogens with zero attached hydrogens (tertiary/aromatic N) is 4. The van der Waals surface area contributed by atoms with E-state index in [1.165, 1.54) is 0 Å². The Morgan fingerprint density at radius 1 is 1.19 bits per heavy atom. The Bertz CT molecular complexity index is 1210. The summed E-state index contributed by atoms with van der Waals surface area (Å²) in [6, 6.07) is 12.9. The van der Waals surface area contributed by atoms with Crippen LogP contribution in [0.15, 0.2) is 59.3 Å². The van der Waals surface area contributed by atoms with E-state index in [0.29, 0.717) is 16.3 Å². The van der Waals surface area contributed by atoms with Crippen LogP contribution in [0.5, 0.6) is 5.75 Å². The molecule has 0 saturated carbocycles. The highest BCUT2D eigenvalue weighted by atomic mass is 79.9. The molecule has 0 spiro atoms. The van der Waals surface area contributed by atoms with Crippen molar-refractivity contribution in [1.82, 2.24) is 20.0 Å². The Hall–Kier alpha value is -2.97. The molecule has 0 fully saturated rings. The largest absolute Gasteiger partial charge is 0.487 e. The Morgan fingerprint density at radius 2 is 2.10 bits per heavy atom. The van der Waals surface area contributed by atoms with Gasteiger partial charge in [-0.15, -0.1) is 5.10 Å². The third-order valence-electron chi connectivity index (χ3n) is 4.65. The first-order chi connectivity index (χ1) is 15.1. The second-order valence-electron chi connectivity index (χ2n) is 6.86. The lowest BCUT2D eigenvalue weighted by Crippen LogP contribution is -2.07. The number of ether oxygens (including phenoxy) is 1. The molecule has 0 aliphatic heterocycles. The van der Waals surface area contributed by atoms with Crippen LogP contribution in [0.25, 0.3) is 10.9 Å². The monoisotopic (exact) mass is 499 g/mol. The first-order valence-corrected chi connectivity index (χ1v) is 10.8. The third kappa shape index (κ3) is 5.39. The van der Waals surface area contributed by atoms with Crippen LogP contribution in [0, 0.1) is 0 Å². The number of aryl methyl sites for hydroxylation is 1. The van der Waals surface area contributed by atoms with Crippen LogP contribution in [0.4, 0.5) is 5.69 Å². The fourth-order valence-corrected chi connectivity index (χ4v) is 3.62. The lowest BCUT2D eigenvalue weighted by atomic mass is 10.2. The van der Waals surface area contributed by atoms with Crippen LogP contribution >= 0.6 is 27.5 Å². The molecule has 0 radical (unpaired) electrons. The molecule has 9 heteroatoms. The smallest absolute Gasteiger partial charge is 0.151 e. The summed E-state index contributed by atoms with van der Waals surface area (Å²) in [5, 5.41) is 13.5. The second-order valence-corrected chi connectivity index (χ2v) is 8.15. The van der Waals surface area contributed by atoms with Gasteiger partial charge in [0.1, 0.15) is 18.1 Å². The number of aromatic nitrogens is 4. The van der Waals surface area contributed by atoms with Gasteiger partial charge in [0.25, 0.3) is 0 Å². The van der Waals surface area contributed by atoms with Crippen LogP contribution in [-0.4, -0.2) is 32.8 Å². The molecule has 0 saturated heterocycles. The van der Waals surface area contributed by atoms with Gasteiger partial charge in [-0.2, -0.15) is 0 Å². The molecule has 158 valence electrons. The zero-order chi connectivity index (χ0) is 21.6. The third-order valence-corrected chi connectivity index (χ3v) is 5.61. The Labute approximate surface area is 192 Å². The predicted molar refractivity (Wildman–Crippen MR) is 124 cm³/mol. The van der Waals surface area contributed by atoms with E-state index in [9.17, 15) is 4.79 Å². The number of hydrogen-bond acceptors (Lipinski definition) is 6. The van der Waals surface area contributed by atoms with Gasteiger partial charge in [0.2, 0.25) is 0 Å². The number of nitrogens with one attached hydrogen (secondary N) is 1. The molecule has 2 aromatic heterocycles. The van der Waals surface area contributed by atoms with Crippen LogP contribution in [0.1, 0.15) is 22.5 Å². The highest BCUT2D eigenvalue weighted by molar-refractivity contribution is 9.10. The minimum Gasteiger partial charge on any atom is -0.487 e. The van der Waals surface area contributed by atoms with E-state index >= 15 is 0 Å². The summed E-state index contributed by atoms with van der Waals surface area (Å²) >= 11 is 9.37. The highest BCUT2D eigenvalue weighted by Crippen LogP contribution is 2.24. The average molecular weight is 501 g/mol. The summed E-state index contributed by atoms with van der Waals surface area (Å²) in [6.45, 7) is 1.78. The number of fused-ring (bicyclic) bond motifs is 1. The van der Waals surface area contributed by atoms with Crippen molar-refractivity contribution < 1.29 is 9.53 Å². The SMILES string of the molecule is O=Cc1cc(OCc2cn(CCCNc3ccnc4cc(Cl)ccc34)nn2)ccc1Br. The average Bonchev–Trinajstić information content (AvgIpc) is 3.23. The normalized spacial score (nSPS) is 10.9. The van der Waals surface area contributed by atoms with E-state index < -0.39 is 0 Å². The van der Waals surface area contributed by atoms with E-state index in [1.807, 2.05) is 30.5 Å². The highest BCUT2D eigenvalue weighted by Gasteiger charge is 2.06. The van der Waals surface area contributed by atoms with Crippen molar-refractivity contribution in [3.8, 4) is 5.75 Å². The summed E-state index contributed by atoms with van der Waals surface area (Å²) in [4.78, 5) is 15.4. The van der Waals surface area contributed by atoms with E-state index in [0.717, 1.165) is 52.6 Å². The molecule has 0 aliphatic carbocycles. The summed E-state index contributed by atoms with van der Waals surface area (Å²) < 4.78 is 8.24. The maximum absolute atomic E-state index is 11.0. The number of rotatable bonds is 9. The van der Waals surface area contributed by atoms with Crippen LogP contribution in [0.2, 0.25) is 5.02 Å². The van der Waals surface area contributed by atoms with E-state index in [2.05, 4.69) is 36.5 Å². The van der Waals surface area contributed by atoms with Crippen molar-refractivity contribution in [2.75, 3.05) is 11.9 Å². The second kappa shape index (κ2) is 9.89. The van der Waals surface area contributed by atoms with Gasteiger partial charge < -0.3 is 10.1 Å². The van der Waals surface area contributed by atoms with Gasteiger partial charge in [-0.25, -0.2) is 0 Å².